The van der Waals surface area contributed by atoms with Gasteiger partial charge in [0.2, 0.25) is 0 Å². The average molecular weight is 741 g/mol. The van der Waals surface area contributed by atoms with Gasteiger partial charge in [-0.05, 0) is 116 Å². The molecule has 8 nitrogen and oxygen atoms in total. The van der Waals surface area contributed by atoms with Crippen LogP contribution in [0.4, 0.5) is 0 Å². The van der Waals surface area contributed by atoms with E-state index in [9.17, 15) is 9.59 Å². The topological polar surface area (TPSA) is 97.1 Å². The number of hydrogen-bond acceptors (Lipinski definition) is 8. The van der Waals surface area contributed by atoms with E-state index in [4.69, 9.17) is 15.2 Å². The Kier molecular flexibility index (Phi) is 48.2. The standard InChI is InChI=1S/C22H46N2O2.C11H26N2.C11H20O2/c1-5-9-13-21(8-4)20-26-22(25)14-16-23-15-12-19-24(17-10-6-2)18-11-7-3;1-3-5-9-13(10-6-4-2)11-7-8-12;1-4-7-8-10(5-2)9-13-11(12)6-3/h21,23H,5-20H2,1-4H3;3-12H2,1-2H3;6,10H,3-5,7-9H2,1-2H3. The average Bonchev–Trinajstić information content (AvgIpc) is 3.17. The minimum absolute atomic E-state index is 0.0556. The van der Waals surface area contributed by atoms with Crippen LogP contribution in [0, 0.1) is 11.8 Å². The third-order valence-electron chi connectivity index (χ3n) is 9.52. The molecule has 0 rings (SSSR count). The maximum absolute atomic E-state index is 11.8. The minimum atomic E-state index is -0.310. The predicted octanol–water partition coefficient (Wildman–Crippen LogP) is 10.2. The third-order valence-corrected chi connectivity index (χ3v) is 9.52. The molecule has 0 aliphatic carbocycles. The van der Waals surface area contributed by atoms with Gasteiger partial charge in [-0.15, -0.1) is 0 Å². The van der Waals surface area contributed by atoms with E-state index in [0.717, 1.165) is 58.3 Å². The van der Waals surface area contributed by atoms with Gasteiger partial charge >= 0.3 is 11.9 Å². The molecule has 8 heteroatoms. The summed E-state index contributed by atoms with van der Waals surface area (Å²) < 4.78 is 10.4. The second-order valence-electron chi connectivity index (χ2n) is 14.4. The molecular formula is C44H92N4O4. The number of nitrogens with one attached hydrogen (secondary N) is 1. The number of nitrogens with two attached hydrogens (primary N) is 1. The molecule has 0 aliphatic heterocycles. The van der Waals surface area contributed by atoms with Crippen molar-refractivity contribution in [1.29, 1.82) is 0 Å². The fraction of sp³-hybridized carbons (Fsp3) is 0.909. The van der Waals surface area contributed by atoms with Crippen LogP contribution in [0.15, 0.2) is 12.7 Å². The summed E-state index contributed by atoms with van der Waals surface area (Å²) in [5, 5.41) is 3.39. The van der Waals surface area contributed by atoms with Crippen molar-refractivity contribution >= 4 is 11.9 Å². The zero-order chi connectivity index (χ0) is 39.5. The number of carbonyl (C=O) groups is 2. The van der Waals surface area contributed by atoms with Gasteiger partial charge in [0.1, 0.15) is 0 Å². The smallest absolute Gasteiger partial charge is 0.330 e. The number of nitrogens with zero attached hydrogens (tertiary/aromatic N) is 2. The molecule has 0 aromatic carbocycles. The van der Waals surface area contributed by atoms with E-state index in [-0.39, 0.29) is 11.9 Å². The van der Waals surface area contributed by atoms with Gasteiger partial charge in [0, 0.05) is 12.6 Å². The molecule has 0 fully saturated rings. The van der Waals surface area contributed by atoms with E-state index >= 15 is 0 Å². The monoisotopic (exact) mass is 741 g/mol. The van der Waals surface area contributed by atoms with Gasteiger partial charge in [-0.2, -0.15) is 0 Å². The van der Waals surface area contributed by atoms with Crippen LogP contribution in [0.5, 0.6) is 0 Å². The van der Waals surface area contributed by atoms with Gasteiger partial charge in [-0.1, -0.05) is 126 Å². The number of esters is 2. The van der Waals surface area contributed by atoms with Crippen LogP contribution in [0.25, 0.3) is 0 Å². The number of carbonyl (C=O) groups excluding carboxylic acids is 2. The Morgan fingerprint density at radius 2 is 1.00 bits per heavy atom. The third kappa shape index (κ3) is 41.3. The molecule has 0 aromatic rings. The minimum Gasteiger partial charge on any atom is -0.465 e. The van der Waals surface area contributed by atoms with Gasteiger partial charge in [0.15, 0.2) is 0 Å². The van der Waals surface area contributed by atoms with Gasteiger partial charge in [-0.3, -0.25) is 4.79 Å². The normalized spacial score (nSPS) is 12.1. The van der Waals surface area contributed by atoms with Crippen LogP contribution in [-0.2, 0) is 19.1 Å². The molecule has 2 unspecified atom stereocenters. The lowest BCUT2D eigenvalue weighted by molar-refractivity contribution is -0.145. The highest BCUT2D eigenvalue weighted by Crippen LogP contribution is 2.14. The lowest BCUT2D eigenvalue weighted by Crippen LogP contribution is -2.30. The van der Waals surface area contributed by atoms with Gasteiger partial charge in [-0.25, -0.2) is 4.79 Å². The highest BCUT2D eigenvalue weighted by molar-refractivity contribution is 5.81. The molecule has 3 N–H and O–H groups in total. The van der Waals surface area contributed by atoms with E-state index in [1.807, 2.05) is 0 Å². The first kappa shape index (κ1) is 54.9. The summed E-state index contributed by atoms with van der Waals surface area (Å²) in [5.74, 6) is 0.683. The molecule has 0 spiro atoms. The van der Waals surface area contributed by atoms with Crippen LogP contribution < -0.4 is 11.1 Å². The van der Waals surface area contributed by atoms with Crippen LogP contribution in [0.2, 0.25) is 0 Å². The van der Waals surface area contributed by atoms with Crippen molar-refractivity contribution in [2.24, 2.45) is 17.6 Å². The highest BCUT2D eigenvalue weighted by atomic mass is 16.5. The van der Waals surface area contributed by atoms with Gasteiger partial charge in [0.25, 0.3) is 0 Å². The first-order valence-corrected chi connectivity index (χ1v) is 22.1. The first-order chi connectivity index (χ1) is 25.3. The van der Waals surface area contributed by atoms with E-state index in [1.165, 1.54) is 122 Å². The molecule has 0 saturated carbocycles. The molecule has 0 amide bonds. The maximum atomic E-state index is 11.8. The largest absolute Gasteiger partial charge is 0.465 e. The second kappa shape index (κ2) is 45.7. The lowest BCUT2D eigenvalue weighted by Gasteiger charge is -2.21. The molecule has 0 aromatic heterocycles. The molecule has 2 atom stereocenters. The summed E-state index contributed by atoms with van der Waals surface area (Å²) in [5.41, 5.74) is 5.51. The lowest BCUT2D eigenvalue weighted by atomic mass is 10.0. The Hall–Kier alpha value is -1.48. The van der Waals surface area contributed by atoms with Crippen molar-refractivity contribution in [3.63, 3.8) is 0 Å². The highest BCUT2D eigenvalue weighted by Gasteiger charge is 2.10. The van der Waals surface area contributed by atoms with E-state index in [2.05, 4.69) is 77.1 Å². The summed E-state index contributed by atoms with van der Waals surface area (Å²) in [6.07, 6.45) is 23.7. The number of hydrogen-bond donors (Lipinski definition) is 2. The number of ether oxygens (including phenoxy) is 2. The summed E-state index contributed by atoms with van der Waals surface area (Å²) >= 11 is 0. The Morgan fingerprint density at radius 3 is 1.38 bits per heavy atom. The van der Waals surface area contributed by atoms with Crippen LogP contribution in [-0.4, -0.2) is 93.9 Å². The predicted molar refractivity (Wildman–Crippen MR) is 227 cm³/mol. The fourth-order valence-electron chi connectivity index (χ4n) is 5.59. The van der Waals surface area contributed by atoms with E-state index in [0.29, 0.717) is 31.5 Å². The Labute approximate surface area is 325 Å². The Morgan fingerprint density at radius 1 is 0.596 bits per heavy atom. The molecular weight excluding hydrogens is 649 g/mol. The molecule has 312 valence electrons. The van der Waals surface area contributed by atoms with Crippen molar-refractivity contribution in [2.45, 2.75) is 177 Å². The van der Waals surface area contributed by atoms with Crippen LogP contribution >= 0.6 is 0 Å². The first-order valence-electron chi connectivity index (χ1n) is 22.1. The van der Waals surface area contributed by atoms with Crippen LogP contribution in [0.1, 0.15) is 177 Å². The molecule has 0 aliphatic rings. The van der Waals surface area contributed by atoms with Crippen molar-refractivity contribution in [1.82, 2.24) is 15.1 Å². The second-order valence-corrected chi connectivity index (χ2v) is 14.4. The Bertz CT molecular complexity index is 712. The zero-order valence-electron chi connectivity index (χ0n) is 36.3. The summed E-state index contributed by atoms with van der Waals surface area (Å²) in [6.45, 7) is 32.0. The number of rotatable bonds is 35. The van der Waals surface area contributed by atoms with E-state index < -0.39 is 0 Å². The summed E-state index contributed by atoms with van der Waals surface area (Å²) in [6, 6.07) is 0. The van der Waals surface area contributed by atoms with Crippen molar-refractivity contribution in [3.8, 4) is 0 Å². The van der Waals surface area contributed by atoms with E-state index in [1.54, 1.807) is 0 Å². The molecule has 52 heavy (non-hydrogen) atoms. The molecule has 0 heterocycles. The summed E-state index contributed by atoms with van der Waals surface area (Å²) in [7, 11) is 0. The Balaban J connectivity index is -0.000000773. The quantitative estimate of drug-likeness (QED) is 0.0377. The van der Waals surface area contributed by atoms with Crippen molar-refractivity contribution in [2.75, 3.05) is 72.1 Å². The van der Waals surface area contributed by atoms with Crippen LogP contribution in [0.3, 0.4) is 0 Å². The molecule has 0 saturated heterocycles. The zero-order valence-corrected chi connectivity index (χ0v) is 36.3. The fourth-order valence-corrected chi connectivity index (χ4v) is 5.59. The maximum Gasteiger partial charge on any atom is 0.330 e. The van der Waals surface area contributed by atoms with Gasteiger partial charge in [0.05, 0.1) is 19.6 Å². The molecule has 0 radical (unpaired) electrons. The van der Waals surface area contributed by atoms with Crippen molar-refractivity contribution in [3.05, 3.63) is 12.7 Å². The van der Waals surface area contributed by atoms with Gasteiger partial charge < -0.3 is 30.3 Å². The number of unbranched alkanes of at least 4 members (excludes halogenated alkanes) is 6. The molecule has 0 bridgehead atoms. The summed E-state index contributed by atoms with van der Waals surface area (Å²) in [4.78, 5) is 27.8. The SMILES string of the molecule is C=CC(=O)OCC(CC)CCCC.CCCCC(CC)COC(=O)CCNCCCN(CCCC)CCCC.CCCCN(CCCC)CCCN. The van der Waals surface area contributed by atoms with Crippen molar-refractivity contribution < 1.29 is 19.1 Å².